The Morgan fingerprint density at radius 2 is 2.22 bits per heavy atom. The molecule has 0 spiro atoms. The fraction of sp³-hybridized carbons (Fsp3) is 0.444. The molecule has 1 N–H and O–H groups in total. The third-order valence-corrected chi connectivity index (χ3v) is 5.02. The van der Waals surface area contributed by atoms with Gasteiger partial charge >= 0.3 is 0 Å². The molecule has 0 bridgehead atoms. The molecule has 0 aromatic carbocycles. The Morgan fingerprint density at radius 1 is 1.30 bits per heavy atom. The molecule has 4 rings (SSSR count). The molecule has 1 atom stereocenters. The highest BCUT2D eigenvalue weighted by molar-refractivity contribution is 5.96. The Morgan fingerprint density at radius 3 is 3.04 bits per heavy atom. The number of pyridine rings is 1. The van der Waals surface area contributed by atoms with Crippen LogP contribution < -0.4 is 5.32 Å². The van der Waals surface area contributed by atoms with Crippen molar-refractivity contribution in [3.63, 3.8) is 0 Å². The number of rotatable bonds is 4. The molecule has 4 heterocycles. The van der Waals surface area contributed by atoms with Crippen molar-refractivity contribution < 1.29 is 0 Å². The van der Waals surface area contributed by atoms with Gasteiger partial charge in [0.05, 0.1) is 11.2 Å². The van der Waals surface area contributed by atoms with Gasteiger partial charge in [-0.15, -0.1) is 5.10 Å². The smallest absolute Gasteiger partial charge is 0.158 e. The zero-order valence-corrected chi connectivity index (χ0v) is 13.8. The van der Waals surface area contributed by atoms with E-state index in [1.807, 2.05) is 6.92 Å². The first kappa shape index (κ1) is 14.5. The van der Waals surface area contributed by atoms with Crippen molar-refractivity contribution in [1.82, 2.24) is 19.5 Å². The predicted octanol–water partition coefficient (Wildman–Crippen LogP) is 3.09. The molecule has 0 radical (unpaired) electrons. The van der Waals surface area contributed by atoms with E-state index >= 15 is 0 Å². The largest absolute Gasteiger partial charge is 0.368 e. The number of hydrogen-bond donors (Lipinski definition) is 1. The maximum absolute atomic E-state index is 4.40. The predicted molar refractivity (Wildman–Crippen MR) is 94.0 cm³/mol. The van der Waals surface area contributed by atoms with Gasteiger partial charge in [0.15, 0.2) is 5.82 Å². The van der Waals surface area contributed by atoms with E-state index in [1.165, 1.54) is 24.9 Å². The summed E-state index contributed by atoms with van der Waals surface area (Å²) >= 11 is 0. The number of aromatic nitrogens is 3. The first-order valence-corrected chi connectivity index (χ1v) is 8.41. The summed E-state index contributed by atoms with van der Waals surface area (Å²) in [7, 11) is 2.22. The van der Waals surface area contributed by atoms with E-state index in [9.17, 15) is 0 Å². The number of nitrogens with one attached hydrogen (secondary N) is 1. The Bertz CT molecular complexity index is 838. The molecule has 1 saturated heterocycles. The van der Waals surface area contributed by atoms with E-state index in [2.05, 4.69) is 62.3 Å². The van der Waals surface area contributed by atoms with Gasteiger partial charge in [0.2, 0.25) is 0 Å². The Balaban J connectivity index is 1.61. The SMILES string of the molecule is Cc1nnc(NCCC2CCCN2C)c2cc3ccccn3c12. The van der Waals surface area contributed by atoms with Gasteiger partial charge in [-0.3, -0.25) is 0 Å². The summed E-state index contributed by atoms with van der Waals surface area (Å²) in [5.41, 5.74) is 3.29. The number of nitrogens with zero attached hydrogens (tertiary/aromatic N) is 4. The van der Waals surface area contributed by atoms with Crippen molar-refractivity contribution in [2.75, 3.05) is 25.5 Å². The van der Waals surface area contributed by atoms with Crippen molar-refractivity contribution in [2.45, 2.75) is 32.2 Å². The van der Waals surface area contributed by atoms with Gasteiger partial charge < -0.3 is 14.6 Å². The van der Waals surface area contributed by atoms with Crippen molar-refractivity contribution in [3.05, 3.63) is 36.2 Å². The van der Waals surface area contributed by atoms with Crippen LogP contribution in [0.4, 0.5) is 5.82 Å². The number of likely N-dealkylation sites (tertiary alicyclic amines) is 1. The zero-order valence-electron chi connectivity index (χ0n) is 13.8. The molecule has 1 unspecified atom stereocenters. The van der Waals surface area contributed by atoms with Gasteiger partial charge in [-0.25, -0.2) is 0 Å². The highest BCUT2D eigenvalue weighted by Gasteiger charge is 2.20. The van der Waals surface area contributed by atoms with Crippen molar-refractivity contribution in [1.29, 1.82) is 0 Å². The average molecular weight is 309 g/mol. The first-order valence-electron chi connectivity index (χ1n) is 8.41. The summed E-state index contributed by atoms with van der Waals surface area (Å²) in [6, 6.07) is 9.13. The summed E-state index contributed by atoms with van der Waals surface area (Å²) in [5, 5.41) is 13.4. The van der Waals surface area contributed by atoms with Crippen molar-refractivity contribution >= 4 is 22.2 Å². The van der Waals surface area contributed by atoms with Crippen LogP contribution in [0.25, 0.3) is 16.4 Å². The van der Waals surface area contributed by atoms with Crippen LogP contribution in [-0.4, -0.2) is 45.7 Å². The zero-order chi connectivity index (χ0) is 15.8. The standard InChI is InChI=1S/C18H23N5/c1-13-17-16(12-15-6-3-4-11-23(15)17)18(21-20-13)19-9-8-14-7-5-10-22(14)2/h3-4,6,11-12,14H,5,7-10H2,1-2H3,(H,19,21). The van der Waals surface area contributed by atoms with Gasteiger partial charge in [-0.1, -0.05) is 6.07 Å². The Labute approximate surface area is 136 Å². The lowest BCUT2D eigenvalue weighted by atomic mass is 10.1. The molecule has 3 aromatic heterocycles. The normalized spacial score (nSPS) is 19.0. The number of fused-ring (bicyclic) bond motifs is 3. The third kappa shape index (κ3) is 2.55. The van der Waals surface area contributed by atoms with E-state index < -0.39 is 0 Å². The van der Waals surface area contributed by atoms with E-state index in [1.54, 1.807) is 0 Å². The fourth-order valence-electron chi connectivity index (χ4n) is 3.73. The fourth-order valence-corrected chi connectivity index (χ4v) is 3.73. The molecule has 3 aromatic rings. The molecule has 1 fully saturated rings. The molecule has 0 aliphatic carbocycles. The molecule has 5 heteroatoms. The summed E-state index contributed by atoms with van der Waals surface area (Å²) in [6.07, 6.45) is 5.87. The highest BCUT2D eigenvalue weighted by atomic mass is 15.2. The van der Waals surface area contributed by atoms with Crippen molar-refractivity contribution in [3.8, 4) is 0 Å². The van der Waals surface area contributed by atoms with Gasteiger partial charge in [0, 0.05) is 29.7 Å². The summed E-state index contributed by atoms with van der Waals surface area (Å²) in [5.74, 6) is 0.898. The maximum atomic E-state index is 4.40. The van der Waals surface area contributed by atoms with Crippen LogP contribution in [-0.2, 0) is 0 Å². The second-order valence-corrected chi connectivity index (χ2v) is 6.53. The molecule has 120 valence electrons. The van der Waals surface area contributed by atoms with Crippen LogP contribution in [0, 0.1) is 6.92 Å². The molecule has 0 saturated carbocycles. The molecule has 1 aliphatic heterocycles. The average Bonchev–Trinajstić information content (AvgIpc) is 3.14. The van der Waals surface area contributed by atoms with E-state index in [0.29, 0.717) is 6.04 Å². The van der Waals surface area contributed by atoms with Crippen LogP contribution >= 0.6 is 0 Å². The van der Waals surface area contributed by atoms with E-state index in [4.69, 9.17) is 0 Å². The van der Waals surface area contributed by atoms with E-state index in [-0.39, 0.29) is 0 Å². The molecule has 5 nitrogen and oxygen atoms in total. The second kappa shape index (κ2) is 5.81. The number of hydrogen-bond acceptors (Lipinski definition) is 4. The quantitative estimate of drug-likeness (QED) is 0.804. The lowest BCUT2D eigenvalue weighted by Gasteiger charge is -2.19. The summed E-state index contributed by atoms with van der Waals surface area (Å²) in [4.78, 5) is 2.46. The van der Waals surface area contributed by atoms with Crippen molar-refractivity contribution in [2.24, 2.45) is 0 Å². The number of aryl methyl sites for hydroxylation is 1. The van der Waals surface area contributed by atoms with Gasteiger partial charge in [0.25, 0.3) is 0 Å². The lowest BCUT2D eigenvalue weighted by Crippen LogP contribution is -2.27. The molecular formula is C18H23N5. The maximum Gasteiger partial charge on any atom is 0.158 e. The van der Waals surface area contributed by atoms with Crippen LogP contribution in [0.15, 0.2) is 30.5 Å². The van der Waals surface area contributed by atoms with Crippen LogP contribution in [0.3, 0.4) is 0 Å². The molecule has 0 amide bonds. The molecular weight excluding hydrogens is 286 g/mol. The topological polar surface area (TPSA) is 45.5 Å². The van der Waals surface area contributed by atoms with Crippen LogP contribution in [0.5, 0.6) is 0 Å². The highest BCUT2D eigenvalue weighted by Crippen LogP contribution is 2.27. The Kier molecular flexibility index (Phi) is 3.65. The minimum atomic E-state index is 0.699. The van der Waals surface area contributed by atoms with Gasteiger partial charge in [-0.2, -0.15) is 5.10 Å². The first-order chi connectivity index (χ1) is 11.2. The monoisotopic (exact) mass is 309 g/mol. The molecule has 23 heavy (non-hydrogen) atoms. The summed E-state index contributed by atoms with van der Waals surface area (Å²) in [6.45, 7) is 4.18. The lowest BCUT2D eigenvalue weighted by molar-refractivity contribution is 0.301. The second-order valence-electron chi connectivity index (χ2n) is 6.53. The van der Waals surface area contributed by atoms with Gasteiger partial charge in [0.1, 0.15) is 0 Å². The van der Waals surface area contributed by atoms with E-state index in [0.717, 1.165) is 35.4 Å². The van der Waals surface area contributed by atoms with Gasteiger partial charge in [-0.05, 0) is 58.0 Å². The summed E-state index contributed by atoms with van der Waals surface area (Å²) < 4.78 is 2.19. The molecule has 1 aliphatic rings. The number of anilines is 1. The minimum absolute atomic E-state index is 0.699. The Hall–Kier alpha value is -2.14. The van der Waals surface area contributed by atoms with Crippen LogP contribution in [0.2, 0.25) is 0 Å². The third-order valence-electron chi connectivity index (χ3n) is 5.02. The van der Waals surface area contributed by atoms with Crippen LogP contribution in [0.1, 0.15) is 25.0 Å². The minimum Gasteiger partial charge on any atom is -0.368 e.